The van der Waals surface area contributed by atoms with Crippen LogP contribution in [0.25, 0.3) is 0 Å². The van der Waals surface area contributed by atoms with Crippen molar-refractivity contribution in [2.75, 3.05) is 39.6 Å². The number of phosphoric acid groups is 2. The lowest BCUT2D eigenvalue weighted by atomic mass is 9.99. The highest BCUT2D eigenvalue weighted by Crippen LogP contribution is 2.45. The third-order valence-corrected chi connectivity index (χ3v) is 21.0. The van der Waals surface area contributed by atoms with Gasteiger partial charge in [0.15, 0.2) is 12.2 Å². The average Bonchev–Trinajstić information content (AvgIpc) is 0.949. The van der Waals surface area contributed by atoms with E-state index in [0.717, 1.165) is 109 Å². The summed E-state index contributed by atoms with van der Waals surface area (Å²) in [6.07, 6.45) is 64.2. The van der Waals surface area contributed by atoms with Crippen LogP contribution in [-0.2, 0) is 65.4 Å². The van der Waals surface area contributed by atoms with Crippen molar-refractivity contribution in [3.05, 3.63) is 0 Å². The van der Waals surface area contributed by atoms with Gasteiger partial charge < -0.3 is 33.8 Å². The summed E-state index contributed by atoms with van der Waals surface area (Å²) >= 11 is 0. The van der Waals surface area contributed by atoms with Crippen molar-refractivity contribution in [2.24, 2.45) is 5.92 Å². The first-order chi connectivity index (χ1) is 48.1. The molecule has 0 aliphatic heterocycles. The van der Waals surface area contributed by atoms with Gasteiger partial charge in [0.05, 0.1) is 26.4 Å². The van der Waals surface area contributed by atoms with E-state index in [1.807, 2.05) is 0 Å². The third-order valence-electron chi connectivity index (χ3n) is 19.1. The summed E-state index contributed by atoms with van der Waals surface area (Å²) in [5.74, 6) is -1.35. The highest BCUT2D eigenvalue weighted by molar-refractivity contribution is 7.47. The zero-order valence-electron chi connectivity index (χ0n) is 64.6. The second-order valence-electron chi connectivity index (χ2n) is 29.1. The van der Waals surface area contributed by atoms with Gasteiger partial charge in [-0.2, -0.15) is 0 Å². The van der Waals surface area contributed by atoms with E-state index in [0.29, 0.717) is 25.7 Å². The van der Waals surface area contributed by atoms with Crippen LogP contribution in [0.1, 0.15) is 426 Å². The van der Waals surface area contributed by atoms with E-state index in [-0.39, 0.29) is 25.7 Å². The molecule has 6 atom stereocenters. The second kappa shape index (κ2) is 73.0. The molecule has 0 fully saturated rings. The molecule has 0 aromatic heterocycles. The largest absolute Gasteiger partial charge is 0.472 e. The molecule has 0 bridgehead atoms. The maximum atomic E-state index is 13.1. The van der Waals surface area contributed by atoms with Crippen LogP contribution in [0.2, 0.25) is 0 Å². The lowest BCUT2D eigenvalue weighted by Crippen LogP contribution is -2.30. The van der Waals surface area contributed by atoms with Gasteiger partial charge in [-0.3, -0.25) is 37.3 Å². The Morgan fingerprint density at radius 1 is 0.283 bits per heavy atom. The summed E-state index contributed by atoms with van der Waals surface area (Å²) in [4.78, 5) is 72.8. The Kier molecular flexibility index (Phi) is 71.6. The molecule has 0 aliphatic carbocycles. The molecule has 3 N–H and O–H groups in total. The van der Waals surface area contributed by atoms with Crippen molar-refractivity contribution in [3.63, 3.8) is 0 Å². The first-order valence-corrected chi connectivity index (χ1v) is 44.7. The number of hydrogen-bond acceptors (Lipinski definition) is 15. The van der Waals surface area contributed by atoms with Gasteiger partial charge in [-0.15, -0.1) is 0 Å². The maximum Gasteiger partial charge on any atom is 0.472 e. The Balaban J connectivity index is 5.16. The standard InChI is InChI=1S/C80H156O17P2/c1-6-10-13-16-19-21-23-25-27-29-31-32-34-36-38-40-42-44-50-55-60-65-79(84)96-76(70-91-78(83)64-59-54-49-43-41-39-37-35-33-30-28-26-24-22-20-17-14-11-7-2)72-95-99(88,89)93-68-74(81)67-92-98(86,87)94-71-75(69-90-77(82)63-58-53-47-18-15-12-8-3)97-80(85)66-61-56-51-46-45-48-52-57-62-73(5)9-4/h73-76,81H,6-72H2,1-5H3,(H,86,87)(H,88,89)/t73?,74-,75+,76+/m0/s1. The van der Waals surface area contributed by atoms with Gasteiger partial charge >= 0.3 is 39.5 Å². The van der Waals surface area contributed by atoms with E-state index >= 15 is 0 Å². The molecule has 19 heteroatoms. The van der Waals surface area contributed by atoms with Crippen LogP contribution in [0.5, 0.6) is 0 Å². The zero-order chi connectivity index (χ0) is 72.7. The van der Waals surface area contributed by atoms with Gasteiger partial charge in [0, 0.05) is 25.7 Å². The number of aliphatic hydroxyl groups excluding tert-OH is 1. The predicted molar refractivity (Wildman–Crippen MR) is 405 cm³/mol. The smallest absolute Gasteiger partial charge is 0.462 e. The average molecular weight is 1450 g/mol. The van der Waals surface area contributed by atoms with Crippen LogP contribution in [0, 0.1) is 5.92 Å². The zero-order valence-corrected chi connectivity index (χ0v) is 66.4. The van der Waals surface area contributed by atoms with E-state index in [9.17, 15) is 43.2 Å². The summed E-state index contributed by atoms with van der Waals surface area (Å²) in [5.41, 5.74) is 0. The predicted octanol–water partition coefficient (Wildman–Crippen LogP) is 24.0. The fraction of sp³-hybridized carbons (Fsp3) is 0.950. The quantitative estimate of drug-likeness (QED) is 0.0222. The van der Waals surface area contributed by atoms with Crippen molar-refractivity contribution in [2.45, 2.75) is 445 Å². The summed E-state index contributed by atoms with van der Waals surface area (Å²) in [6.45, 7) is 7.27. The SMILES string of the molecule is CCCCCCCCCCCCCCCCCCCCCCCC(=O)O[C@H](COC(=O)CCCCCCCCCCCCCCCCCCCCC)COP(=O)(O)OC[C@@H](O)COP(=O)(O)OC[C@@H](COC(=O)CCCCCCCCC)OC(=O)CCCCCCCCCCC(C)CC. The Morgan fingerprint density at radius 3 is 0.717 bits per heavy atom. The van der Waals surface area contributed by atoms with Gasteiger partial charge in [0.1, 0.15) is 19.3 Å². The number of hydrogen-bond donors (Lipinski definition) is 3. The van der Waals surface area contributed by atoms with Crippen molar-refractivity contribution in [1.82, 2.24) is 0 Å². The molecule has 0 aromatic rings. The molecular formula is C80H156O17P2. The minimum absolute atomic E-state index is 0.105. The Morgan fingerprint density at radius 2 is 0.485 bits per heavy atom. The minimum Gasteiger partial charge on any atom is -0.462 e. The van der Waals surface area contributed by atoms with E-state index in [2.05, 4.69) is 34.6 Å². The van der Waals surface area contributed by atoms with Crippen LogP contribution in [0.4, 0.5) is 0 Å². The number of unbranched alkanes of at least 4 members (excludes halogenated alkanes) is 51. The lowest BCUT2D eigenvalue weighted by molar-refractivity contribution is -0.161. The number of rotatable bonds is 80. The van der Waals surface area contributed by atoms with Crippen LogP contribution in [0.15, 0.2) is 0 Å². The molecular weight excluding hydrogens is 1290 g/mol. The number of phosphoric ester groups is 2. The molecule has 0 rings (SSSR count). The summed E-state index contributed by atoms with van der Waals surface area (Å²) in [7, 11) is -9.91. The van der Waals surface area contributed by atoms with Gasteiger partial charge in [0.2, 0.25) is 0 Å². The summed E-state index contributed by atoms with van der Waals surface area (Å²) in [6, 6.07) is 0. The first kappa shape index (κ1) is 97.1. The molecule has 0 spiro atoms. The molecule has 17 nitrogen and oxygen atoms in total. The minimum atomic E-state index is -4.96. The highest BCUT2D eigenvalue weighted by Gasteiger charge is 2.30. The molecule has 0 aliphatic rings. The summed E-state index contributed by atoms with van der Waals surface area (Å²) < 4.78 is 68.5. The normalized spacial score (nSPS) is 14.1. The van der Waals surface area contributed by atoms with Gasteiger partial charge in [-0.05, 0) is 31.6 Å². The van der Waals surface area contributed by atoms with Crippen LogP contribution in [0.3, 0.4) is 0 Å². The second-order valence-corrected chi connectivity index (χ2v) is 32.0. The Hall–Kier alpha value is -1.94. The molecule has 0 saturated heterocycles. The number of ether oxygens (including phenoxy) is 4. The van der Waals surface area contributed by atoms with Crippen molar-refractivity contribution in [1.29, 1.82) is 0 Å². The van der Waals surface area contributed by atoms with E-state index in [4.69, 9.17) is 37.0 Å². The van der Waals surface area contributed by atoms with E-state index in [1.165, 1.54) is 238 Å². The maximum absolute atomic E-state index is 13.1. The van der Waals surface area contributed by atoms with Gasteiger partial charge in [0.25, 0.3) is 0 Å². The Labute approximate surface area is 607 Å². The monoisotopic (exact) mass is 1450 g/mol. The number of esters is 4. The van der Waals surface area contributed by atoms with Crippen molar-refractivity contribution < 1.29 is 80.2 Å². The number of carbonyl (C=O) groups excluding carboxylic acids is 4. The Bertz CT molecular complexity index is 1890. The molecule has 0 aromatic carbocycles. The van der Waals surface area contributed by atoms with Crippen molar-refractivity contribution in [3.8, 4) is 0 Å². The fourth-order valence-corrected chi connectivity index (χ4v) is 14.0. The van der Waals surface area contributed by atoms with Gasteiger partial charge in [-0.1, -0.05) is 375 Å². The first-order valence-electron chi connectivity index (χ1n) is 41.7. The third kappa shape index (κ3) is 72.8. The summed E-state index contributed by atoms with van der Waals surface area (Å²) in [5, 5.41) is 10.6. The molecule has 588 valence electrons. The van der Waals surface area contributed by atoms with Crippen LogP contribution >= 0.6 is 15.6 Å². The molecule has 0 radical (unpaired) electrons. The van der Waals surface area contributed by atoms with Crippen LogP contribution in [-0.4, -0.2) is 96.7 Å². The van der Waals surface area contributed by atoms with E-state index in [1.54, 1.807) is 0 Å². The molecule has 0 amide bonds. The fourth-order valence-electron chi connectivity index (χ4n) is 12.4. The lowest BCUT2D eigenvalue weighted by Gasteiger charge is -2.21. The molecule has 99 heavy (non-hydrogen) atoms. The molecule has 0 saturated carbocycles. The number of aliphatic hydroxyl groups is 1. The topological polar surface area (TPSA) is 237 Å². The molecule has 0 heterocycles. The van der Waals surface area contributed by atoms with Crippen LogP contribution < -0.4 is 0 Å². The highest BCUT2D eigenvalue weighted by atomic mass is 31.2. The number of carbonyl (C=O) groups is 4. The van der Waals surface area contributed by atoms with Gasteiger partial charge in [-0.25, -0.2) is 9.13 Å². The molecule has 3 unspecified atom stereocenters. The van der Waals surface area contributed by atoms with Crippen molar-refractivity contribution >= 4 is 39.5 Å². The van der Waals surface area contributed by atoms with E-state index < -0.39 is 97.5 Å².